The first-order chi connectivity index (χ1) is 5.55. The molecule has 0 spiro atoms. The molecule has 0 unspecified atom stereocenters. The van der Waals surface area contributed by atoms with Crippen molar-refractivity contribution in [2.75, 3.05) is 0 Å². The lowest BCUT2D eigenvalue weighted by molar-refractivity contribution is 0.465. The van der Waals surface area contributed by atoms with E-state index in [4.69, 9.17) is 0 Å². The van der Waals surface area contributed by atoms with E-state index in [0.29, 0.717) is 5.56 Å². The lowest BCUT2D eigenvalue weighted by atomic mass is 9.89. The normalized spacial score (nSPS) is 11.7. The maximum atomic E-state index is 12.5. The fourth-order valence-corrected chi connectivity index (χ4v) is 1.22. The van der Waals surface area contributed by atoms with Crippen LogP contribution in [0.25, 0.3) is 0 Å². The molecule has 0 aliphatic heterocycles. The van der Waals surface area contributed by atoms with Crippen molar-refractivity contribution >= 4 is 0 Å². The summed E-state index contributed by atoms with van der Waals surface area (Å²) >= 11 is 0. The maximum absolute atomic E-state index is 12.5. The highest BCUT2D eigenvalue weighted by Gasteiger charge is 2.18. The van der Waals surface area contributed by atoms with E-state index < -0.39 is 6.67 Å². The molecule has 2 heteroatoms. The number of hydrogen-bond donors (Lipinski definition) is 0. The summed E-state index contributed by atoms with van der Waals surface area (Å²) in [4.78, 5) is 4.18. The highest BCUT2D eigenvalue weighted by molar-refractivity contribution is 5.24. The van der Waals surface area contributed by atoms with Crippen LogP contribution in [0.5, 0.6) is 0 Å². The Labute approximate surface area is 72.6 Å². The van der Waals surface area contributed by atoms with Crippen LogP contribution in [0.15, 0.2) is 18.3 Å². The Balaban J connectivity index is 3.14. The minimum atomic E-state index is -0.430. The second kappa shape index (κ2) is 3.21. The van der Waals surface area contributed by atoms with Crippen LogP contribution in [0.2, 0.25) is 0 Å². The van der Waals surface area contributed by atoms with E-state index in [1.54, 1.807) is 18.3 Å². The summed E-state index contributed by atoms with van der Waals surface area (Å²) in [5.74, 6) is 0. The van der Waals surface area contributed by atoms with E-state index in [-0.39, 0.29) is 5.41 Å². The van der Waals surface area contributed by atoms with Crippen LogP contribution in [0, 0.1) is 0 Å². The third-order valence-corrected chi connectivity index (χ3v) is 1.75. The van der Waals surface area contributed by atoms with E-state index in [1.165, 1.54) is 0 Å². The third kappa shape index (κ3) is 1.81. The van der Waals surface area contributed by atoms with Gasteiger partial charge in [0.1, 0.15) is 6.67 Å². The van der Waals surface area contributed by atoms with Gasteiger partial charge in [0.15, 0.2) is 0 Å². The molecule has 1 aromatic rings. The summed E-state index contributed by atoms with van der Waals surface area (Å²) in [5, 5.41) is 0. The molecule has 1 heterocycles. The maximum Gasteiger partial charge on any atom is 0.116 e. The van der Waals surface area contributed by atoms with E-state index in [9.17, 15) is 4.39 Å². The molecular formula is C10H14FN. The largest absolute Gasteiger partial charge is 0.260 e. The number of hydrogen-bond acceptors (Lipinski definition) is 1. The summed E-state index contributed by atoms with van der Waals surface area (Å²) in [6.45, 7) is 5.68. The molecule has 0 bridgehead atoms. The molecule has 0 N–H and O–H groups in total. The van der Waals surface area contributed by atoms with Gasteiger partial charge >= 0.3 is 0 Å². The number of rotatable bonds is 1. The van der Waals surface area contributed by atoms with E-state index in [1.807, 2.05) is 20.8 Å². The number of alkyl halides is 1. The summed E-state index contributed by atoms with van der Waals surface area (Å²) in [7, 11) is 0. The SMILES string of the molecule is CC(C)(C)c1ncccc1CF. The zero-order valence-corrected chi connectivity index (χ0v) is 7.76. The number of pyridine rings is 1. The molecule has 0 aliphatic carbocycles. The van der Waals surface area contributed by atoms with E-state index in [2.05, 4.69) is 4.98 Å². The van der Waals surface area contributed by atoms with Gasteiger partial charge in [-0.1, -0.05) is 26.8 Å². The summed E-state index contributed by atoms with van der Waals surface area (Å²) in [6.07, 6.45) is 1.71. The number of nitrogens with zero attached hydrogens (tertiary/aromatic N) is 1. The predicted octanol–water partition coefficient (Wildman–Crippen LogP) is 2.85. The van der Waals surface area contributed by atoms with Crippen molar-refractivity contribution in [1.29, 1.82) is 0 Å². The van der Waals surface area contributed by atoms with Crippen molar-refractivity contribution in [3.8, 4) is 0 Å². The highest BCUT2D eigenvalue weighted by Crippen LogP contribution is 2.23. The average Bonchev–Trinajstić information content (AvgIpc) is 2.03. The number of halogens is 1. The van der Waals surface area contributed by atoms with Gasteiger partial charge in [0.2, 0.25) is 0 Å². The molecule has 0 aliphatic rings. The van der Waals surface area contributed by atoms with Crippen LogP contribution >= 0.6 is 0 Å². The standard InChI is InChI=1S/C10H14FN/c1-10(2,3)9-8(7-11)5-4-6-12-9/h4-6H,7H2,1-3H3. The van der Waals surface area contributed by atoms with Crippen LogP contribution in [0.3, 0.4) is 0 Å². The van der Waals surface area contributed by atoms with Crippen molar-refractivity contribution in [2.45, 2.75) is 32.9 Å². The van der Waals surface area contributed by atoms with Gasteiger partial charge in [-0.15, -0.1) is 0 Å². The molecule has 0 fully saturated rings. The lowest BCUT2D eigenvalue weighted by Gasteiger charge is -2.19. The minimum absolute atomic E-state index is 0.0668. The van der Waals surface area contributed by atoms with Crippen LogP contribution in [-0.4, -0.2) is 4.98 Å². The Bertz CT molecular complexity index is 263. The van der Waals surface area contributed by atoms with Gasteiger partial charge in [-0.3, -0.25) is 4.98 Å². The average molecular weight is 167 g/mol. The second-order valence-corrected chi connectivity index (χ2v) is 3.89. The molecule has 1 aromatic heterocycles. The van der Waals surface area contributed by atoms with Gasteiger partial charge in [0.25, 0.3) is 0 Å². The Kier molecular flexibility index (Phi) is 2.46. The molecule has 1 nitrogen and oxygen atoms in total. The van der Waals surface area contributed by atoms with Gasteiger partial charge in [0.05, 0.1) is 5.69 Å². The smallest absolute Gasteiger partial charge is 0.116 e. The van der Waals surface area contributed by atoms with Crippen LogP contribution < -0.4 is 0 Å². The molecule has 0 aromatic carbocycles. The van der Waals surface area contributed by atoms with Crippen molar-refractivity contribution in [2.24, 2.45) is 0 Å². The van der Waals surface area contributed by atoms with Gasteiger partial charge in [-0.05, 0) is 6.07 Å². The first-order valence-electron chi connectivity index (χ1n) is 4.06. The summed E-state index contributed by atoms with van der Waals surface area (Å²) < 4.78 is 12.5. The molecule has 1 rings (SSSR count). The van der Waals surface area contributed by atoms with Gasteiger partial charge in [0, 0.05) is 17.2 Å². The van der Waals surface area contributed by atoms with Gasteiger partial charge in [-0.25, -0.2) is 4.39 Å². The molecule has 66 valence electrons. The first-order valence-corrected chi connectivity index (χ1v) is 4.06. The fraction of sp³-hybridized carbons (Fsp3) is 0.500. The molecule has 0 amide bonds. The Morgan fingerprint density at radius 3 is 2.50 bits per heavy atom. The van der Waals surface area contributed by atoms with E-state index >= 15 is 0 Å². The summed E-state index contributed by atoms with van der Waals surface area (Å²) in [5.41, 5.74) is 1.49. The fourth-order valence-electron chi connectivity index (χ4n) is 1.22. The van der Waals surface area contributed by atoms with Crippen LogP contribution in [0.1, 0.15) is 32.0 Å². The summed E-state index contributed by atoms with van der Waals surface area (Å²) in [6, 6.07) is 3.55. The topological polar surface area (TPSA) is 12.9 Å². The van der Waals surface area contributed by atoms with Crippen LogP contribution in [0.4, 0.5) is 4.39 Å². The first kappa shape index (κ1) is 9.17. The molecule has 0 saturated heterocycles. The molecule has 0 radical (unpaired) electrons. The van der Waals surface area contributed by atoms with Crippen molar-refractivity contribution in [3.05, 3.63) is 29.6 Å². The van der Waals surface area contributed by atoms with Gasteiger partial charge < -0.3 is 0 Å². The third-order valence-electron chi connectivity index (χ3n) is 1.75. The zero-order valence-electron chi connectivity index (χ0n) is 7.76. The second-order valence-electron chi connectivity index (χ2n) is 3.89. The Morgan fingerprint density at radius 1 is 1.42 bits per heavy atom. The van der Waals surface area contributed by atoms with Crippen molar-refractivity contribution < 1.29 is 4.39 Å². The lowest BCUT2D eigenvalue weighted by Crippen LogP contribution is -2.15. The van der Waals surface area contributed by atoms with E-state index in [0.717, 1.165) is 5.69 Å². The number of aromatic nitrogens is 1. The quantitative estimate of drug-likeness (QED) is 0.626. The zero-order chi connectivity index (χ0) is 9.19. The minimum Gasteiger partial charge on any atom is -0.260 e. The van der Waals surface area contributed by atoms with Crippen molar-refractivity contribution in [1.82, 2.24) is 4.98 Å². The Morgan fingerprint density at radius 2 is 2.08 bits per heavy atom. The van der Waals surface area contributed by atoms with Crippen LogP contribution in [-0.2, 0) is 12.1 Å². The molecule has 0 saturated carbocycles. The molecule has 12 heavy (non-hydrogen) atoms. The highest BCUT2D eigenvalue weighted by atomic mass is 19.1. The predicted molar refractivity (Wildman–Crippen MR) is 47.7 cm³/mol. The molecular weight excluding hydrogens is 153 g/mol. The monoisotopic (exact) mass is 167 g/mol. The Hall–Kier alpha value is -0.920. The van der Waals surface area contributed by atoms with Crippen molar-refractivity contribution in [3.63, 3.8) is 0 Å². The van der Waals surface area contributed by atoms with Gasteiger partial charge in [-0.2, -0.15) is 0 Å². The molecule has 0 atom stereocenters.